The number of aliphatic hydroxyl groups is 1. The average molecular weight is 287 g/mol. The Hall–Kier alpha value is -0.610. The third kappa shape index (κ3) is 7.85. The first-order valence-corrected chi connectivity index (χ1v) is 8.24. The molecule has 2 atom stereocenters. The molecule has 0 spiro atoms. The van der Waals surface area contributed by atoms with E-state index < -0.39 is 0 Å². The van der Waals surface area contributed by atoms with E-state index in [0.29, 0.717) is 6.61 Å². The molecule has 2 unspecified atom stereocenters. The molecule has 4 nitrogen and oxygen atoms in total. The molecule has 2 aliphatic rings. The summed E-state index contributed by atoms with van der Waals surface area (Å²) in [6.45, 7) is 10.9. The van der Waals surface area contributed by atoms with Crippen LogP contribution < -0.4 is 0 Å². The second kappa shape index (κ2) is 12.2. The van der Waals surface area contributed by atoms with Crippen molar-refractivity contribution >= 4 is 5.97 Å². The van der Waals surface area contributed by atoms with Gasteiger partial charge in [-0.3, -0.25) is 9.69 Å². The molecule has 0 aliphatic carbocycles. The summed E-state index contributed by atoms with van der Waals surface area (Å²) in [5.41, 5.74) is 0. The Kier molecular flexibility index (Phi) is 11.8. The van der Waals surface area contributed by atoms with Crippen molar-refractivity contribution in [3.05, 3.63) is 0 Å². The first-order chi connectivity index (χ1) is 9.65. The zero-order valence-electron chi connectivity index (χ0n) is 13.7. The van der Waals surface area contributed by atoms with Crippen LogP contribution in [0.3, 0.4) is 0 Å². The van der Waals surface area contributed by atoms with Crippen molar-refractivity contribution < 1.29 is 14.6 Å². The molecule has 120 valence electrons. The maximum Gasteiger partial charge on any atom is 0.308 e. The Labute approximate surface area is 124 Å². The fourth-order valence-electron chi connectivity index (χ4n) is 2.25. The summed E-state index contributed by atoms with van der Waals surface area (Å²) < 4.78 is 4.75. The molecule has 0 aromatic carbocycles. The van der Waals surface area contributed by atoms with Gasteiger partial charge in [-0.1, -0.05) is 34.1 Å². The number of likely N-dealkylation sites (tertiary alicyclic amines) is 1. The van der Waals surface area contributed by atoms with Crippen LogP contribution in [0.15, 0.2) is 0 Å². The van der Waals surface area contributed by atoms with Crippen LogP contribution in [-0.2, 0) is 9.53 Å². The first kappa shape index (κ1) is 19.4. The van der Waals surface area contributed by atoms with E-state index in [-0.39, 0.29) is 18.1 Å². The van der Waals surface area contributed by atoms with Gasteiger partial charge >= 0.3 is 5.97 Å². The number of unbranched alkanes of at least 4 members (excludes halogenated alkanes) is 1. The minimum absolute atomic E-state index is 0.0312. The lowest BCUT2D eigenvalue weighted by Gasteiger charge is -2.18. The number of cyclic esters (lactones) is 1. The van der Waals surface area contributed by atoms with Gasteiger partial charge in [0, 0.05) is 13.1 Å². The number of esters is 1. The molecule has 20 heavy (non-hydrogen) atoms. The topological polar surface area (TPSA) is 49.8 Å². The summed E-state index contributed by atoms with van der Waals surface area (Å²) in [4.78, 5) is 12.7. The van der Waals surface area contributed by atoms with Crippen LogP contribution in [0, 0.1) is 5.92 Å². The normalized spacial score (nSPS) is 25.9. The molecule has 0 bridgehead atoms. The van der Waals surface area contributed by atoms with Crippen molar-refractivity contribution in [2.45, 2.75) is 72.4 Å². The molecule has 2 heterocycles. The molecule has 0 aromatic heterocycles. The summed E-state index contributed by atoms with van der Waals surface area (Å²) in [6.07, 6.45) is 6.49. The number of rotatable bonds is 3. The summed E-state index contributed by atoms with van der Waals surface area (Å²) in [6, 6.07) is 0. The standard InChI is InChI=1S/C8H17NO.C6H10O2.C2H6/c1-2-3-6-9-7-4-5-8(9)10;1-5-3-2-4-8-6(5)7;1-2/h8,10H,2-7H2,1H3;5H,2-4H2,1H3;1-2H3. The number of carbonyl (C=O) groups is 1. The molecule has 0 amide bonds. The SMILES string of the molecule is CC.CC1CCCOC1=O.CCCCN1CCCC1O. The minimum atomic E-state index is -0.133. The lowest BCUT2D eigenvalue weighted by Crippen LogP contribution is -2.29. The summed E-state index contributed by atoms with van der Waals surface area (Å²) in [7, 11) is 0. The van der Waals surface area contributed by atoms with Crippen LogP contribution >= 0.6 is 0 Å². The monoisotopic (exact) mass is 287 g/mol. The van der Waals surface area contributed by atoms with E-state index in [4.69, 9.17) is 4.74 Å². The number of aliphatic hydroxyl groups excluding tert-OH is 1. The number of hydrogen-bond acceptors (Lipinski definition) is 4. The van der Waals surface area contributed by atoms with Gasteiger partial charge in [0.1, 0.15) is 6.23 Å². The third-order valence-electron chi connectivity index (χ3n) is 3.56. The van der Waals surface area contributed by atoms with Gasteiger partial charge in [-0.05, 0) is 32.1 Å². The molecule has 2 fully saturated rings. The minimum Gasteiger partial charge on any atom is -0.465 e. The van der Waals surface area contributed by atoms with E-state index in [1.807, 2.05) is 20.8 Å². The Bertz CT molecular complexity index is 246. The highest BCUT2D eigenvalue weighted by molar-refractivity contribution is 5.72. The van der Waals surface area contributed by atoms with Gasteiger partial charge in [0.15, 0.2) is 0 Å². The molecule has 4 heteroatoms. The number of hydrogen-bond donors (Lipinski definition) is 1. The fourth-order valence-corrected chi connectivity index (χ4v) is 2.25. The van der Waals surface area contributed by atoms with Crippen molar-refractivity contribution in [2.24, 2.45) is 5.92 Å². The highest BCUT2D eigenvalue weighted by Gasteiger charge is 2.20. The first-order valence-electron chi connectivity index (χ1n) is 8.24. The van der Waals surface area contributed by atoms with E-state index in [9.17, 15) is 9.90 Å². The average Bonchev–Trinajstić information content (AvgIpc) is 2.88. The predicted octanol–water partition coefficient (Wildman–Crippen LogP) is 3.19. The van der Waals surface area contributed by atoms with Crippen molar-refractivity contribution in [1.82, 2.24) is 4.90 Å². The summed E-state index contributed by atoms with van der Waals surface area (Å²) >= 11 is 0. The highest BCUT2D eigenvalue weighted by atomic mass is 16.5. The Balaban J connectivity index is 0.000000327. The van der Waals surface area contributed by atoms with Crippen LogP contribution in [-0.4, -0.2) is 41.9 Å². The molecule has 0 aromatic rings. The fraction of sp³-hybridized carbons (Fsp3) is 0.938. The maximum absolute atomic E-state index is 10.6. The van der Waals surface area contributed by atoms with Crippen LogP contribution in [0.5, 0.6) is 0 Å². The number of carbonyl (C=O) groups excluding carboxylic acids is 1. The maximum atomic E-state index is 10.6. The van der Waals surface area contributed by atoms with Gasteiger partial charge in [0.2, 0.25) is 0 Å². The second-order valence-electron chi connectivity index (χ2n) is 5.22. The van der Waals surface area contributed by atoms with Crippen molar-refractivity contribution in [3.8, 4) is 0 Å². The van der Waals surface area contributed by atoms with Gasteiger partial charge in [0.25, 0.3) is 0 Å². The van der Waals surface area contributed by atoms with Crippen LogP contribution in [0.1, 0.15) is 66.2 Å². The smallest absolute Gasteiger partial charge is 0.308 e. The molecule has 2 rings (SSSR count). The molecule has 1 N–H and O–H groups in total. The van der Waals surface area contributed by atoms with E-state index in [1.54, 1.807) is 0 Å². The Morgan fingerprint density at radius 3 is 2.40 bits per heavy atom. The largest absolute Gasteiger partial charge is 0.465 e. The highest BCUT2D eigenvalue weighted by Crippen LogP contribution is 2.14. The van der Waals surface area contributed by atoms with E-state index in [2.05, 4.69) is 11.8 Å². The Morgan fingerprint density at radius 1 is 1.30 bits per heavy atom. The molecular formula is C16H33NO3. The zero-order valence-corrected chi connectivity index (χ0v) is 13.7. The van der Waals surface area contributed by atoms with Crippen molar-refractivity contribution in [3.63, 3.8) is 0 Å². The molecule has 2 saturated heterocycles. The van der Waals surface area contributed by atoms with Crippen LogP contribution in [0.25, 0.3) is 0 Å². The van der Waals surface area contributed by atoms with E-state index in [1.165, 1.54) is 19.3 Å². The molecule has 0 radical (unpaired) electrons. The summed E-state index contributed by atoms with van der Waals surface area (Å²) in [5, 5.41) is 9.34. The van der Waals surface area contributed by atoms with E-state index in [0.717, 1.165) is 32.4 Å². The third-order valence-corrected chi connectivity index (χ3v) is 3.56. The molecular weight excluding hydrogens is 254 g/mol. The van der Waals surface area contributed by atoms with Gasteiger partial charge < -0.3 is 9.84 Å². The van der Waals surface area contributed by atoms with Gasteiger partial charge in [-0.2, -0.15) is 0 Å². The zero-order chi connectivity index (χ0) is 15.4. The van der Waals surface area contributed by atoms with Gasteiger partial charge in [-0.15, -0.1) is 0 Å². The number of ether oxygens (including phenoxy) is 1. The van der Waals surface area contributed by atoms with Crippen molar-refractivity contribution in [2.75, 3.05) is 19.7 Å². The predicted molar refractivity (Wildman–Crippen MR) is 82.4 cm³/mol. The summed E-state index contributed by atoms with van der Waals surface area (Å²) in [5.74, 6) is 0.111. The lowest BCUT2D eigenvalue weighted by molar-refractivity contribution is -0.151. The second-order valence-corrected chi connectivity index (χ2v) is 5.22. The van der Waals surface area contributed by atoms with Crippen LogP contribution in [0.4, 0.5) is 0 Å². The van der Waals surface area contributed by atoms with E-state index >= 15 is 0 Å². The van der Waals surface area contributed by atoms with Crippen molar-refractivity contribution in [1.29, 1.82) is 0 Å². The lowest BCUT2D eigenvalue weighted by atomic mass is 10.0. The molecule has 0 saturated carbocycles. The van der Waals surface area contributed by atoms with Gasteiger partial charge in [-0.25, -0.2) is 0 Å². The number of nitrogens with zero attached hydrogens (tertiary/aromatic N) is 1. The van der Waals surface area contributed by atoms with Gasteiger partial charge in [0.05, 0.1) is 12.5 Å². The Morgan fingerprint density at radius 2 is 2.00 bits per heavy atom. The quantitative estimate of drug-likeness (QED) is 0.810. The van der Waals surface area contributed by atoms with Crippen LogP contribution in [0.2, 0.25) is 0 Å². The molecule has 2 aliphatic heterocycles.